The highest BCUT2D eigenvalue weighted by atomic mass is 35.5. The van der Waals surface area contributed by atoms with Crippen molar-refractivity contribution in [1.29, 1.82) is 0 Å². The molecule has 164 valence electrons. The smallest absolute Gasteiger partial charge is 0.103 e. The number of nitrogens with one attached hydrogen (secondary N) is 1. The minimum atomic E-state index is -0.392. The third kappa shape index (κ3) is 4.47. The Labute approximate surface area is 194 Å². The Hall–Kier alpha value is -2.59. The topological polar surface area (TPSA) is 29.6 Å². The zero-order chi connectivity index (χ0) is 21.9. The Bertz CT molecular complexity index is 1150. The lowest BCUT2D eigenvalue weighted by molar-refractivity contribution is -0.928. The van der Waals surface area contributed by atoms with Crippen molar-refractivity contribution >= 4 is 22.5 Å². The molecule has 0 aliphatic heterocycles. The summed E-state index contributed by atoms with van der Waals surface area (Å²) in [5.41, 5.74) is 6.29. The normalized spacial score (nSPS) is 15.9. The van der Waals surface area contributed by atoms with E-state index in [0.29, 0.717) is 0 Å². The molecule has 3 nitrogen and oxygen atoms in total. The van der Waals surface area contributed by atoms with E-state index in [2.05, 4.69) is 77.4 Å². The van der Waals surface area contributed by atoms with E-state index < -0.39 is 6.10 Å². The van der Waals surface area contributed by atoms with E-state index >= 15 is 0 Å². The standard InChI is InChI=1S/C28H29ClN2O/c29-23-14-15-26-25(18-23)24-12-7-13-27(32)28(24)31(26)17-16-30(19-21-8-3-1-4-9-21)20-22-10-5-2-6-11-22/h1-6,8-11,14-15,18,27,32H,7,12-13,16-17,19-20H2/p+1/t27-/m0/s1. The van der Waals surface area contributed by atoms with Gasteiger partial charge in [-0.2, -0.15) is 0 Å². The second kappa shape index (κ2) is 9.50. The van der Waals surface area contributed by atoms with Crippen LogP contribution >= 0.6 is 11.6 Å². The molecular weight excluding hydrogens is 416 g/mol. The van der Waals surface area contributed by atoms with Crippen LogP contribution in [0, 0.1) is 0 Å². The van der Waals surface area contributed by atoms with Crippen molar-refractivity contribution in [2.24, 2.45) is 0 Å². The number of aliphatic hydroxyl groups is 1. The van der Waals surface area contributed by atoms with E-state index in [4.69, 9.17) is 11.6 Å². The van der Waals surface area contributed by atoms with Crippen LogP contribution in [0.3, 0.4) is 0 Å². The second-order valence-electron chi connectivity index (χ2n) is 8.91. The highest BCUT2D eigenvalue weighted by Crippen LogP contribution is 2.38. The second-order valence-corrected chi connectivity index (χ2v) is 9.35. The monoisotopic (exact) mass is 445 g/mol. The molecule has 0 radical (unpaired) electrons. The van der Waals surface area contributed by atoms with Gasteiger partial charge in [0.1, 0.15) is 13.1 Å². The van der Waals surface area contributed by atoms with Crippen LogP contribution in [0.5, 0.6) is 0 Å². The maximum Gasteiger partial charge on any atom is 0.103 e. The number of hydrogen-bond donors (Lipinski definition) is 2. The van der Waals surface area contributed by atoms with E-state index in [1.165, 1.54) is 32.5 Å². The number of rotatable bonds is 7. The lowest BCUT2D eigenvalue weighted by Gasteiger charge is -2.24. The van der Waals surface area contributed by atoms with E-state index in [-0.39, 0.29) is 0 Å². The van der Waals surface area contributed by atoms with Gasteiger partial charge in [-0.05, 0) is 43.0 Å². The van der Waals surface area contributed by atoms with Crippen LogP contribution in [0.1, 0.15) is 41.3 Å². The summed E-state index contributed by atoms with van der Waals surface area (Å²) in [5, 5.41) is 12.9. The van der Waals surface area contributed by atoms with Gasteiger partial charge in [0.2, 0.25) is 0 Å². The van der Waals surface area contributed by atoms with Crippen molar-refractivity contribution in [3.05, 3.63) is 106 Å². The molecule has 0 bridgehead atoms. The lowest BCUT2D eigenvalue weighted by Crippen LogP contribution is -3.09. The van der Waals surface area contributed by atoms with Crippen molar-refractivity contribution in [3.8, 4) is 0 Å². The summed E-state index contributed by atoms with van der Waals surface area (Å²) in [4.78, 5) is 1.51. The van der Waals surface area contributed by atoms with Gasteiger partial charge in [0, 0.05) is 27.1 Å². The van der Waals surface area contributed by atoms with Crippen molar-refractivity contribution in [2.45, 2.75) is 45.0 Å². The summed E-state index contributed by atoms with van der Waals surface area (Å²) < 4.78 is 2.36. The molecule has 1 heterocycles. The number of benzene rings is 3. The van der Waals surface area contributed by atoms with Gasteiger partial charge in [0.15, 0.2) is 0 Å². The van der Waals surface area contributed by atoms with Gasteiger partial charge in [-0.3, -0.25) is 0 Å². The van der Waals surface area contributed by atoms with E-state index in [9.17, 15) is 5.11 Å². The fourth-order valence-corrected chi connectivity index (χ4v) is 5.36. The number of aromatic nitrogens is 1. The average molecular weight is 446 g/mol. The van der Waals surface area contributed by atoms with Crippen LogP contribution in [0.15, 0.2) is 78.9 Å². The van der Waals surface area contributed by atoms with Gasteiger partial charge in [0.05, 0.1) is 24.9 Å². The molecule has 3 aromatic carbocycles. The van der Waals surface area contributed by atoms with Crippen LogP contribution in [0.2, 0.25) is 5.02 Å². The molecule has 4 heteroatoms. The summed E-state index contributed by atoms with van der Waals surface area (Å²) in [6.07, 6.45) is 2.48. The molecule has 1 aromatic heterocycles. The maximum atomic E-state index is 10.9. The number of aryl methyl sites for hydroxylation is 1. The van der Waals surface area contributed by atoms with E-state index in [1.807, 2.05) is 6.07 Å². The molecule has 0 saturated heterocycles. The number of nitrogens with zero attached hydrogens (tertiary/aromatic N) is 1. The third-order valence-electron chi connectivity index (χ3n) is 6.68. The zero-order valence-corrected chi connectivity index (χ0v) is 19.1. The zero-order valence-electron chi connectivity index (χ0n) is 18.3. The van der Waals surface area contributed by atoms with Crippen LogP contribution in [0.4, 0.5) is 0 Å². The van der Waals surface area contributed by atoms with Gasteiger partial charge in [0.25, 0.3) is 0 Å². The highest BCUT2D eigenvalue weighted by Gasteiger charge is 2.27. The first-order valence-corrected chi connectivity index (χ1v) is 12.0. The van der Waals surface area contributed by atoms with Gasteiger partial charge < -0.3 is 14.6 Å². The first kappa shape index (κ1) is 21.3. The van der Waals surface area contributed by atoms with Crippen molar-refractivity contribution in [2.75, 3.05) is 6.54 Å². The predicted octanol–water partition coefficient (Wildman–Crippen LogP) is 4.95. The molecule has 2 N–H and O–H groups in total. The fraction of sp³-hybridized carbons (Fsp3) is 0.286. The largest absolute Gasteiger partial charge is 0.387 e. The summed E-state index contributed by atoms with van der Waals surface area (Å²) in [5.74, 6) is 0. The minimum Gasteiger partial charge on any atom is -0.387 e. The molecule has 0 amide bonds. The third-order valence-corrected chi connectivity index (χ3v) is 6.91. The molecule has 1 aliphatic carbocycles. The first-order chi connectivity index (χ1) is 15.7. The molecular formula is C28H30ClN2O+. The highest BCUT2D eigenvalue weighted by molar-refractivity contribution is 6.31. The Morgan fingerprint density at radius 1 is 0.906 bits per heavy atom. The Balaban J connectivity index is 1.45. The van der Waals surface area contributed by atoms with E-state index in [1.54, 1.807) is 0 Å². The van der Waals surface area contributed by atoms with Gasteiger partial charge in [-0.1, -0.05) is 72.3 Å². The number of hydrogen-bond acceptors (Lipinski definition) is 1. The van der Waals surface area contributed by atoms with Gasteiger partial charge in [-0.15, -0.1) is 0 Å². The predicted molar refractivity (Wildman–Crippen MR) is 131 cm³/mol. The van der Waals surface area contributed by atoms with Crippen molar-refractivity contribution < 1.29 is 10.0 Å². The molecule has 0 fully saturated rings. The number of quaternary nitrogens is 1. The summed E-state index contributed by atoms with van der Waals surface area (Å²) in [6.45, 7) is 3.81. The summed E-state index contributed by atoms with van der Waals surface area (Å²) in [7, 11) is 0. The lowest BCUT2D eigenvalue weighted by atomic mass is 9.93. The first-order valence-electron chi connectivity index (χ1n) is 11.6. The molecule has 0 saturated carbocycles. The Kier molecular flexibility index (Phi) is 6.31. The molecule has 1 aliphatic rings. The van der Waals surface area contributed by atoms with Gasteiger partial charge >= 0.3 is 0 Å². The molecule has 0 spiro atoms. The summed E-state index contributed by atoms with van der Waals surface area (Å²) >= 11 is 6.34. The van der Waals surface area contributed by atoms with Crippen LogP contribution in [-0.4, -0.2) is 16.2 Å². The van der Waals surface area contributed by atoms with Crippen molar-refractivity contribution in [3.63, 3.8) is 0 Å². The Morgan fingerprint density at radius 3 is 2.22 bits per heavy atom. The molecule has 1 atom stereocenters. The SMILES string of the molecule is O[C@H]1CCCc2c1n(CC[NH+](Cc1ccccc1)Cc1ccccc1)c1ccc(Cl)cc21. The molecule has 0 unspecified atom stereocenters. The molecule has 4 aromatic rings. The van der Waals surface area contributed by atoms with E-state index in [0.717, 1.165) is 56.2 Å². The Morgan fingerprint density at radius 2 is 1.56 bits per heavy atom. The maximum absolute atomic E-state index is 10.9. The molecule has 5 rings (SSSR count). The minimum absolute atomic E-state index is 0.392. The number of aliphatic hydroxyl groups excluding tert-OH is 1. The molecule has 32 heavy (non-hydrogen) atoms. The van der Waals surface area contributed by atoms with Crippen LogP contribution in [-0.2, 0) is 26.1 Å². The van der Waals surface area contributed by atoms with Crippen LogP contribution in [0.25, 0.3) is 10.9 Å². The fourth-order valence-electron chi connectivity index (χ4n) is 5.19. The van der Waals surface area contributed by atoms with Crippen molar-refractivity contribution in [1.82, 2.24) is 4.57 Å². The summed E-state index contributed by atoms with van der Waals surface area (Å²) in [6, 6.07) is 27.6. The number of halogens is 1. The van der Waals surface area contributed by atoms with Gasteiger partial charge in [-0.25, -0.2) is 0 Å². The average Bonchev–Trinajstić information content (AvgIpc) is 3.13. The number of fused-ring (bicyclic) bond motifs is 3. The van der Waals surface area contributed by atoms with Crippen LogP contribution < -0.4 is 4.90 Å². The quantitative estimate of drug-likeness (QED) is 0.414.